The fourth-order valence-electron chi connectivity index (χ4n) is 1.93. The van der Waals surface area contributed by atoms with Gasteiger partial charge in [0.2, 0.25) is 0 Å². The summed E-state index contributed by atoms with van der Waals surface area (Å²) in [6.45, 7) is 2.12. The van der Waals surface area contributed by atoms with Crippen molar-refractivity contribution in [2.75, 3.05) is 5.32 Å². The van der Waals surface area contributed by atoms with Crippen molar-refractivity contribution in [2.45, 2.75) is 19.4 Å². The SMILES string of the molecule is CCC(Nc1ccc(Cl)c(Cl)c1)c1cccc(Cl)c1. The molecule has 0 saturated heterocycles. The summed E-state index contributed by atoms with van der Waals surface area (Å²) in [6.07, 6.45) is 0.945. The summed E-state index contributed by atoms with van der Waals surface area (Å²) in [5.74, 6) is 0. The summed E-state index contributed by atoms with van der Waals surface area (Å²) >= 11 is 18.0. The second-order valence-corrected chi connectivity index (χ2v) is 5.54. The van der Waals surface area contributed by atoms with Crippen LogP contribution in [0.1, 0.15) is 24.9 Å². The molecule has 0 radical (unpaired) electrons. The number of benzene rings is 2. The Morgan fingerprint density at radius 3 is 2.42 bits per heavy atom. The van der Waals surface area contributed by atoms with Gasteiger partial charge < -0.3 is 5.32 Å². The lowest BCUT2D eigenvalue weighted by Crippen LogP contribution is -2.09. The Labute approximate surface area is 128 Å². The maximum atomic E-state index is 6.03. The van der Waals surface area contributed by atoms with E-state index < -0.39 is 0 Å². The maximum Gasteiger partial charge on any atom is 0.0612 e. The van der Waals surface area contributed by atoms with Gasteiger partial charge in [0.1, 0.15) is 0 Å². The van der Waals surface area contributed by atoms with Gasteiger partial charge in [-0.1, -0.05) is 53.9 Å². The van der Waals surface area contributed by atoms with Gasteiger partial charge in [0.15, 0.2) is 0 Å². The summed E-state index contributed by atoms with van der Waals surface area (Å²) in [5.41, 5.74) is 2.10. The summed E-state index contributed by atoms with van der Waals surface area (Å²) in [4.78, 5) is 0. The van der Waals surface area contributed by atoms with Crippen molar-refractivity contribution in [2.24, 2.45) is 0 Å². The quantitative estimate of drug-likeness (QED) is 0.707. The van der Waals surface area contributed by atoms with Crippen LogP contribution >= 0.6 is 34.8 Å². The van der Waals surface area contributed by atoms with Crippen LogP contribution in [0, 0.1) is 0 Å². The molecule has 0 amide bonds. The Morgan fingerprint density at radius 2 is 1.79 bits per heavy atom. The number of anilines is 1. The molecule has 1 nitrogen and oxygen atoms in total. The summed E-state index contributed by atoms with van der Waals surface area (Å²) < 4.78 is 0. The second-order valence-electron chi connectivity index (χ2n) is 4.29. The fraction of sp³-hybridized carbons (Fsp3) is 0.200. The molecule has 1 atom stereocenters. The van der Waals surface area contributed by atoms with Crippen LogP contribution in [0.25, 0.3) is 0 Å². The molecule has 1 unspecified atom stereocenters. The molecule has 0 saturated carbocycles. The molecule has 1 N–H and O–H groups in total. The van der Waals surface area contributed by atoms with E-state index in [4.69, 9.17) is 34.8 Å². The average molecular weight is 315 g/mol. The van der Waals surface area contributed by atoms with Crippen LogP contribution < -0.4 is 5.32 Å². The molecule has 19 heavy (non-hydrogen) atoms. The smallest absolute Gasteiger partial charge is 0.0612 e. The van der Waals surface area contributed by atoms with Crippen LogP contribution in [0.4, 0.5) is 5.69 Å². The van der Waals surface area contributed by atoms with Crippen LogP contribution in [0.3, 0.4) is 0 Å². The third-order valence-electron chi connectivity index (χ3n) is 2.92. The molecular formula is C15H14Cl3N. The van der Waals surface area contributed by atoms with Gasteiger partial charge in [-0.2, -0.15) is 0 Å². The zero-order chi connectivity index (χ0) is 13.8. The van der Waals surface area contributed by atoms with E-state index in [1.807, 2.05) is 30.3 Å². The largest absolute Gasteiger partial charge is 0.378 e. The summed E-state index contributed by atoms with van der Waals surface area (Å²) in [7, 11) is 0. The first kappa shape index (κ1) is 14.5. The Morgan fingerprint density at radius 1 is 1.00 bits per heavy atom. The van der Waals surface area contributed by atoms with Gasteiger partial charge in [0.05, 0.1) is 16.1 Å². The van der Waals surface area contributed by atoms with Crippen molar-refractivity contribution < 1.29 is 0 Å². The van der Waals surface area contributed by atoms with Crippen molar-refractivity contribution in [3.63, 3.8) is 0 Å². The van der Waals surface area contributed by atoms with Crippen LogP contribution in [-0.4, -0.2) is 0 Å². The van der Waals surface area contributed by atoms with Crippen LogP contribution in [-0.2, 0) is 0 Å². The van der Waals surface area contributed by atoms with Crippen molar-refractivity contribution in [1.82, 2.24) is 0 Å². The van der Waals surface area contributed by atoms with Crippen molar-refractivity contribution in [3.05, 3.63) is 63.1 Å². The third kappa shape index (κ3) is 3.79. The number of nitrogens with one attached hydrogen (secondary N) is 1. The molecule has 2 aromatic carbocycles. The van der Waals surface area contributed by atoms with Gasteiger partial charge >= 0.3 is 0 Å². The lowest BCUT2D eigenvalue weighted by Gasteiger charge is -2.19. The van der Waals surface area contributed by atoms with E-state index in [2.05, 4.69) is 18.3 Å². The second kappa shape index (κ2) is 6.51. The standard InChI is InChI=1S/C15H14Cl3N/c1-2-15(10-4-3-5-11(16)8-10)19-12-6-7-13(17)14(18)9-12/h3-9,15,19H,2H2,1H3. The number of rotatable bonds is 4. The first-order chi connectivity index (χ1) is 9.10. The molecular weight excluding hydrogens is 301 g/mol. The third-order valence-corrected chi connectivity index (χ3v) is 3.89. The maximum absolute atomic E-state index is 6.03. The van der Waals surface area contributed by atoms with Gasteiger partial charge in [-0.25, -0.2) is 0 Å². The molecule has 0 aliphatic carbocycles. The molecule has 2 rings (SSSR count). The molecule has 4 heteroatoms. The van der Waals surface area contributed by atoms with Crippen LogP contribution in [0.2, 0.25) is 15.1 Å². The summed E-state index contributed by atoms with van der Waals surface area (Å²) in [5, 5.41) is 5.29. The molecule has 0 fully saturated rings. The van der Waals surface area contributed by atoms with E-state index in [0.717, 1.165) is 22.7 Å². The minimum atomic E-state index is 0.191. The molecule has 100 valence electrons. The Bertz CT molecular complexity index is 569. The predicted molar refractivity (Wildman–Crippen MR) is 84.6 cm³/mol. The topological polar surface area (TPSA) is 12.0 Å². The number of hydrogen-bond acceptors (Lipinski definition) is 1. The minimum absolute atomic E-state index is 0.191. The van der Waals surface area contributed by atoms with Gasteiger partial charge in [-0.3, -0.25) is 0 Å². The molecule has 0 aromatic heterocycles. The van der Waals surface area contributed by atoms with Crippen molar-refractivity contribution in [3.8, 4) is 0 Å². The number of hydrogen-bond donors (Lipinski definition) is 1. The van der Waals surface area contributed by atoms with E-state index in [-0.39, 0.29) is 6.04 Å². The molecule has 0 aliphatic rings. The summed E-state index contributed by atoms with van der Waals surface area (Å²) in [6, 6.07) is 13.6. The van der Waals surface area contributed by atoms with Gasteiger partial charge in [-0.05, 0) is 42.3 Å². The molecule has 0 aliphatic heterocycles. The molecule has 2 aromatic rings. The van der Waals surface area contributed by atoms with Gasteiger partial charge in [0, 0.05) is 10.7 Å². The highest BCUT2D eigenvalue weighted by molar-refractivity contribution is 6.42. The molecule has 0 spiro atoms. The monoisotopic (exact) mass is 313 g/mol. The zero-order valence-corrected chi connectivity index (χ0v) is 12.7. The lowest BCUT2D eigenvalue weighted by atomic mass is 10.0. The van der Waals surface area contributed by atoms with Gasteiger partial charge in [0.25, 0.3) is 0 Å². The highest BCUT2D eigenvalue weighted by atomic mass is 35.5. The predicted octanol–water partition coefficient (Wildman–Crippen LogP) is 6.21. The van der Waals surface area contributed by atoms with Crippen molar-refractivity contribution >= 4 is 40.5 Å². The molecule has 0 heterocycles. The van der Waals surface area contributed by atoms with E-state index in [9.17, 15) is 0 Å². The molecule has 0 bridgehead atoms. The highest BCUT2D eigenvalue weighted by Crippen LogP contribution is 2.29. The fourth-order valence-corrected chi connectivity index (χ4v) is 2.43. The first-order valence-electron chi connectivity index (χ1n) is 6.07. The van der Waals surface area contributed by atoms with Gasteiger partial charge in [-0.15, -0.1) is 0 Å². The Kier molecular flexibility index (Phi) is 4.98. The Hall–Kier alpha value is -0.890. The van der Waals surface area contributed by atoms with E-state index in [1.54, 1.807) is 6.07 Å². The normalized spacial score (nSPS) is 12.2. The Balaban J connectivity index is 2.21. The lowest BCUT2D eigenvalue weighted by molar-refractivity contribution is 0.749. The van der Waals surface area contributed by atoms with E-state index in [0.29, 0.717) is 10.0 Å². The minimum Gasteiger partial charge on any atom is -0.378 e. The van der Waals surface area contributed by atoms with Crippen LogP contribution in [0.15, 0.2) is 42.5 Å². The van der Waals surface area contributed by atoms with E-state index >= 15 is 0 Å². The highest BCUT2D eigenvalue weighted by Gasteiger charge is 2.10. The number of halogens is 3. The van der Waals surface area contributed by atoms with E-state index in [1.165, 1.54) is 0 Å². The first-order valence-corrected chi connectivity index (χ1v) is 7.20. The zero-order valence-electron chi connectivity index (χ0n) is 10.5. The average Bonchev–Trinajstić information content (AvgIpc) is 2.40. The van der Waals surface area contributed by atoms with Crippen LogP contribution in [0.5, 0.6) is 0 Å². The van der Waals surface area contributed by atoms with Crippen molar-refractivity contribution in [1.29, 1.82) is 0 Å².